The van der Waals surface area contributed by atoms with Gasteiger partial charge < -0.3 is 15.2 Å². The Labute approximate surface area is 205 Å². The summed E-state index contributed by atoms with van der Waals surface area (Å²) in [4.78, 5) is 2.91. The topological polar surface area (TPSA) is 142 Å². The zero-order valence-electron chi connectivity index (χ0n) is 17.5. The van der Waals surface area contributed by atoms with E-state index in [0.717, 1.165) is 17.7 Å². The number of hydrazine groups is 1. The van der Waals surface area contributed by atoms with Gasteiger partial charge in [0.05, 0.1) is 23.0 Å². The average molecular weight is 558 g/mol. The molecule has 176 valence electrons. The number of guanidine groups is 1. The van der Waals surface area contributed by atoms with Crippen molar-refractivity contribution < 1.29 is 18.3 Å². The molecule has 1 aliphatic heterocycles. The highest BCUT2D eigenvalue weighted by Crippen LogP contribution is 2.37. The highest BCUT2D eigenvalue weighted by molar-refractivity contribution is 9.10. The van der Waals surface area contributed by atoms with E-state index >= 15 is 0 Å². The van der Waals surface area contributed by atoms with Crippen molar-refractivity contribution in [1.82, 2.24) is 9.84 Å². The number of hydrogen-bond donors (Lipinski definition) is 4. The van der Waals surface area contributed by atoms with Crippen molar-refractivity contribution in [1.29, 1.82) is 10.7 Å². The smallest absolute Gasteiger partial charge is 0.258 e. The molecule has 2 aromatic rings. The van der Waals surface area contributed by atoms with Crippen LogP contribution < -0.4 is 15.0 Å². The highest BCUT2D eigenvalue weighted by Gasteiger charge is 2.32. The van der Waals surface area contributed by atoms with Crippen LogP contribution in [0, 0.1) is 16.9 Å². The average Bonchev–Trinajstić information content (AvgIpc) is 3.18. The van der Waals surface area contributed by atoms with E-state index in [9.17, 15) is 18.8 Å². The van der Waals surface area contributed by atoms with Crippen LogP contribution in [0.15, 0.2) is 45.8 Å². The van der Waals surface area contributed by atoms with Gasteiger partial charge in [0, 0.05) is 24.2 Å². The van der Waals surface area contributed by atoms with Crippen molar-refractivity contribution in [2.24, 2.45) is 0 Å². The summed E-state index contributed by atoms with van der Waals surface area (Å²) in [5.74, 6) is -1.08. The monoisotopic (exact) mass is 556 g/mol. The molecule has 3 rings (SSSR count). The quantitative estimate of drug-likeness (QED) is 0.133. The van der Waals surface area contributed by atoms with E-state index in [-0.39, 0.29) is 16.8 Å². The molecule has 1 saturated heterocycles. The van der Waals surface area contributed by atoms with Gasteiger partial charge in [-0.25, -0.2) is 18.3 Å². The summed E-state index contributed by atoms with van der Waals surface area (Å²) in [6, 6.07) is 9.25. The van der Waals surface area contributed by atoms with Crippen LogP contribution in [0.1, 0.15) is 12.8 Å². The summed E-state index contributed by atoms with van der Waals surface area (Å²) in [5.41, 5.74) is 0.283. The van der Waals surface area contributed by atoms with E-state index in [1.807, 2.05) is 6.19 Å². The van der Waals surface area contributed by atoms with Crippen LogP contribution in [-0.2, 0) is 14.8 Å². The summed E-state index contributed by atoms with van der Waals surface area (Å²) in [6.45, 7) is 0.831. The molecule has 33 heavy (non-hydrogen) atoms. The van der Waals surface area contributed by atoms with E-state index in [4.69, 9.17) is 21.7 Å². The van der Waals surface area contributed by atoms with Gasteiger partial charge in [0.15, 0.2) is 11.9 Å². The molecule has 0 bridgehead atoms. The largest absolute Gasteiger partial charge is 0.504 e. The lowest BCUT2D eigenvalue weighted by molar-refractivity contribution is 0.104. The molecule has 0 saturated carbocycles. The number of phenolic OH excluding ortho intramolecular Hbond substituents is 1. The van der Waals surface area contributed by atoms with Gasteiger partial charge in [0.2, 0.25) is 5.96 Å². The molecular formula is C20H22BrClN6O4S. The third-order valence-corrected chi connectivity index (χ3v) is 7.52. The zero-order chi connectivity index (χ0) is 24.2. The Morgan fingerprint density at radius 1 is 1.42 bits per heavy atom. The number of anilines is 2. The number of sulfonamides is 1. The number of para-hydroxylation sites is 1. The predicted molar refractivity (Wildman–Crippen MR) is 129 cm³/mol. The molecule has 1 aliphatic rings. The second-order valence-corrected chi connectivity index (χ2v) is 10.0. The van der Waals surface area contributed by atoms with Gasteiger partial charge in [-0.15, -0.1) is 4.83 Å². The van der Waals surface area contributed by atoms with Crippen LogP contribution in [0.2, 0.25) is 5.02 Å². The molecule has 13 heteroatoms. The molecule has 2 aromatic carbocycles. The van der Waals surface area contributed by atoms with Crippen LogP contribution in [0.4, 0.5) is 11.4 Å². The minimum Gasteiger partial charge on any atom is -0.504 e. The standard InChI is InChI=1S/C20H22BrClN6O4S/c1-32-11-13-5-4-10-28(13)26-33(30,31)19-15(22)8-9-16(18(19)29)25-20(24)27(12-23)17-7-3-2-6-14(17)21/h2-3,6-9,13,26,29H,4-5,10-11H2,1H3,(H2,24,25)/t13-/m1/s1. The lowest BCUT2D eigenvalue weighted by Crippen LogP contribution is -2.46. The number of halogens is 2. The molecule has 1 atom stereocenters. The molecule has 0 unspecified atom stereocenters. The van der Waals surface area contributed by atoms with Gasteiger partial charge in [-0.05, 0) is 53.0 Å². The SMILES string of the molecule is COC[C@H]1CCCN1NS(=O)(=O)c1c(Cl)ccc(NC(=N)N(C#N)c2ccccc2Br)c1O. The van der Waals surface area contributed by atoms with Crippen LogP contribution >= 0.6 is 27.5 Å². The first-order valence-corrected chi connectivity index (χ1v) is 12.4. The van der Waals surface area contributed by atoms with Gasteiger partial charge in [-0.3, -0.25) is 5.41 Å². The summed E-state index contributed by atoms with van der Waals surface area (Å²) < 4.78 is 31.9. The van der Waals surface area contributed by atoms with Gasteiger partial charge in [0.25, 0.3) is 10.0 Å². The number of aromatic hydroxyl groups is 1. The van der Waals surface area contributed by atoms with Crippen LogP contribution in [0.25, 0.3) is 0 Å². The summed E-state index contributed by atoms with van der Waals surface area (Å²) >= 11 is 9.46. The first-order valence-electron chi connectivity index (χ1n) is 9.79. The van der Waals surface area contributed by atoms with Gasteiger partial charge in [0.1, 0.15) is 4.90 Å². The Kier molecular flexibility index (Phi) is 8.17. The molecule has 0 spiro atoms. The Morgan fingerprint density at radius 3 is 2.82 bits per heavy atom. The van der Waals surface area contributed by atoms with E-state index in [2.05, 4.69) is 26.1 Å². The first-order chi connectivity index (χ1) is 15.7. The second-order valence-electron chi connectivity index (χ2n) is 7.17. The van der Waals surface area contributed by atoms with Crippen LogP contribution in [0.3, 0.4) is 0 Å². The lowest BCUT2D eigenvalue weighted by Gasteiger charge is -2.25. The third kappa shape index (κ3) is 5.57. The molecule has 0 aromatic heterocycles. The van der Waals surface area contributed by atoms with Crippen molar-refractivity contribution in [3.63, 3.8) is 0 Å². The Bertz CT molecular complexity index is 1190. The number of phenols is 1. The third-order valence-electron chi connectivity index (χ3n) is 5.00. The predicted octanol–water partition coefficient (Wildman–Crippen LogP) is 3.45. The maximum atomic E-state index is 13.1. The Balaban J connectivity index is 1.88. The number of benzene rings is 2. The maximum Gasteiger partial charge on any atom is 0.258 e. The van der Waals surface area contributed by atoms with Crippen molar-refractivity contribution in [3.05, 3.63) is 45.9 Å². The van der Waals surface area contributed by atoms with Gasteiger partial charge in [-0.1, -0.05) is 23.7 Å². The molecule has 0 aliphatic carbocycles. The molecule has 1 heterocycles. The van der Waals surface area contributed by atoms with E-state index < -0.39 is 26.6 Å². The van der Waals surface area contributed by atoms with Gasteiger partial charge >= 0.3 is 0 Å². The molecule has 4 N–H and O–H groups in total. The minimum absolute atomic E-state index is 0.105. The Morgan fingerprint density at radius 2 is 2.15 bits per heavy atom. The second kappa shape index (κ2) is 10.7. The van der Waals surface area contributed by atoms with Gasteiger partial charge in [-0.2, -0.15) is 5.26 Å². The Hall–Kier alpha value is -2.40. The number of hydrogen-bond acceptors (Lipinski definition) is 7. The minimum atomic E-state index is -4.26. The fourth-order valence-corrected chi connectivity index (χ4v) is 5.71. The summed E-state index contributed by atoms with van der Waals surface area (Å²) in [7, 11) is -2.72. The normalized spacial score (nSPS) is 16.4. The molecule has 0 radical (unpaired) electrons. The summed E-state index contributed by atoms with van der Waals surface area (Å²) in [5, 5.41) is 32.5. The molecule has 10 nitrogen and oxygen atoms in total. The van der Waals surface area contributed by atoms with E-state index in [1.54, 1.807) is 29.3 Å². The number of rotatable bonds is 7. The number of nitrogens with zero attached hydrogens (tertiary/aromatic N) is 3. The van der Waals surface area contributed by atoms with Crippen molar-refractivity contribution in [2.75, 3.05) is 30.5 Å². The summed E-state index contributed by atoms with van der Waals surface area (Å²) in [6.07, 6.45) is 3.42. The number of methoxy groups -OCH3 is 1. The fourth-order valence-electron chi connectivity index (χ4n) is 3.47. The molecular weight excluding hydrogens is 536 g/mol. The molecule has 1 fully saturated rings. The van der Waals surface area contributed by atoms with E-state index in [1.165, 1.54) is 19.2 Å². The van der Waals surface area contributed by atoms with Crippen molar-refractivity contribution in [3.8, 4) is 11.9 Å². The lowest BCUT2D eigenvalue weighted by atomic mass is 10.2. The highest BCUT2D eigenvalue weighted by atomic mass is 79.9. The molecule has 0 amide bonds. The number of nitriles is 1. The number of ether oxygens (including phenoxy) is 1. The van der Waals surface area contributed by atoms with Crippen LogP contribution in [-0.4, -0.2) is 50.8 Å². The van der Waals surface area contributed by atoms with Crippen LogP contribution in [0.5, 0.6) is 5.75 Å². The zero-order valence-corrected chi connectivity index (χ0v) is 20.7. The van der Waals surface area contributed by atoms with E-state index in [0.29, 0.717) is 23.3 Å². The maximum absolute atomic E-state index is 13.1. The van der Waals surface area contributed by atoms with Crippen molar-refractivity contribution >= 4 is 54.9 Å². The first kappa shape index (κ1) is 25.2. The fraction of sp³-hybridized carbons (Fsp3) is 0.300. The van der Waals surface area contributed by atoms with Crippen molar-refractivity contribution in [2.45, 2.75) is 23.8 Å². The number of nitrogens with one attached hydrogen (secondary N) is 3.